The number of rotatable bonds is 5. The Balaban J connectivity index is 1.52. The van der Waals surface area contributed by atoms with Crippen LogP contribution >= 0.6 is 0 Å². The van der Waals surface area contributed by atoms with Crippen LogP contribution in [0.4, 0.5) is 0 Å². The number of fused-ring (bicyclic) bond motifs is 2. The van der Waals surface area contributed by atoms with Crippen LogP contribution in [-0.4, -0.2) is 65.4 Å². The van der Waals surface area contributed by atoms with Gasteiger partial charge in [-0.1, -0.05) is 61.6 Å². The summed E-state index contributed by atoms with van der Waals surface area (Å²) in [6.45, 7) is 3.58. The lowest BCUT2D eigenvalue weighted by atomic mass is 9.89. The molecule has 0 aromatic heterocycles. The van der Waals surface area contributed by atoms with E-state index in [1.165, 1.54) is 13.2 Å². The lowest BCUT2D eigenvalue weighted by Gasteiger charge is -2.30. The van der Waals surface area contributed by atoms with Crippen LogP contribution in [0, 0.1) is 11.8 Å². The lowest BCUT2D eigenvalue weighted by Crippen LogP contribution is -2.48. The lowest BCUT2D eigenvalue weighted by molar-refractivity contribution is -0.158. The van der Waals surface area contributed by atoms with Gasteiger partial charge in [0.15, 0.2) is 5.78 Å². The van der Waals surface area contributed by atoms with Crippen LogP contribution in [0.2, 0.25) is 0 Å². The maximum atomic E-state index is 13.5. The first-order valence-electron chi connectivity index (χ1n) is 16.4. The molecule has 0 aromatic carbocycles. The monoisotopic (exact) mass is 646 g/mol. The van der Waals surface area contributed by atoms with Crippen LogP contribution in [0.3, 0.4) is 0 Å². The van der Waals surface area contributed by atoms with Gasteiger partial charge in [0.25, 0.3) is 0 Å². The molecule has 252 valence electrons. The van der Waals surface area contributed by atoms with Crippen molar-refractivity contribution < 1.29 is 38.6 Å². The Morgan fingerprint density at radius 2 is 1.77 bits per heavy atom. The van der Waals surface area contributed by atoms with Gasteiger partial charge in [-0.3, -0.25) is 19.2 Å². The number of aliphatic hydroxyl groups excluding tert-OH is 1. The van der Waals surface area contributed by atoms with Crippen LogP contribution in [0.15, 0.2) is 83.7 Å². The largest absolute Gasteiger partial charge is 0.460 e. The molecule has 1 fully saturated rings. The first-order chi connectivity index (χ1) is 22.5. The molecule has 2 bridgehead atoms. The van der Waals surface area contributed by atoms with Crippen molar-refractivity contribution in [1.82, 2.24) is 10.6 Å². The molecule has 10 heteroatoms. The minimum Gasteiger partial charge on any atom is -0.460 e. The summed E-state index contributed by atoms with van der Waals surface area (Å²) in [6.07, 6.45) is 20.7. The Bertz CT molecular complexity index is 1440. The van der Waals surface area contributed by atoms with Crippen molar-refractivity contribution in [1.29, 1.82) is 0 Å². The second kappa shape index (κ2) is 16.6. The number of ether oxygens (including phenoxy) is 2. The van der Waals surface area contributed by atoms with Crippen LogP contribution in [0.1, 0.15) is 71.6 Å². The van der Waals surface area contributed by atoms with Crippen LogP contribution in [0.5, 0.6) is 0 Å². The van der Waals surface area contributed by atoms with Crippen molar-refractivity contribution in [2.24, 2.45) is 11.8 Å². The minimum absolute atomic E-state index is 0.0566. The molecular formula is C37H46N2O8. The smallest absolute Gasteiger partial charge is 0.332 e. The van der Waals surface area contributed by atoms with Gasteiger partial charge in [-0.15, -0.1) is 0 Å². The number of methoxy groups -OCH3 is 1. The zero-order chi connectivity index (χ0) is 34.0. The molecule has 10 nitrogen and oxygen atoms in total. The van der Waals surface area contributed by atoms with Gasteiger partial charge in [0.1, 0.15) is 11.6 Å². The van der Waals surface area contributed by atoms with Crippen LogP contribution < -0.4 is 10.6 Å². The van der Waals surface area contributed by atoms with Gasteiger partial charge >= 0.3 is 5.97 Å². The molecule has 2 amide bonds. The van der Waals surface area contributed by atoms with Crippen molar-refractivity contribution in [3.8, 4) is 0 Å². The Kier molecular flexibility index (Phi) is 12.6. The molecule has 4 aliphatic rings. The average molecular weight is 647 g/mol. The predicted octanol–water partition coefficient (Wildman–Crippen LogP) is 4.18. The van der Waals surface area contributed by atoms with E-state index < -0.39 is 53.2 Å². The third-order valence-electron chi connectivity index (χ3n) is 9.10. The molecule has 3 N–H and O–H groups in total. The van der Waals surface area contributed by atoms with Crippen LogP contribution in [-0.2, 0) is 33.4 Å². The zero-order valence-electron chi connectivity index (χ0n) is 27.4. The van der Waals surface area contributed by atoms with Gasteiger partial charge in [-0.2, -0.15) is 0 Å². The molecule has 4 rings (SSSR count). The Labute approximate surface area is 276 Å². The van der Waals surface area contributed by atoms with Crippen molar-refractivity contribution >= 4 is 29.4 Å². The van der Waals surface area contributed by atoms with Crippen molar-refractivity contribution in [3.63, 3.8) is 0 Å². The van der Waals surface area contributed by atoms with Gasteiger partial charge in [0.05, 0.1) is 24.3 Å². The number of amides is 2. The van der Waals surface area contributed by atoms with Gasteiger partial charge in [-0.05, 0) is 63.5 Å². The summed E-state index contributed by atoms with van der Waals surface area (Å²) in [6, 6.07) is 0. The number of nitrogens with one attached hydrogen (secondary N) is 2. The number of ketones is 2. The number of carbonyl (C=O) groups is 5. The fourth-order valence-corrected chi connectivity index (χ4v) is 5.85. The summed E-state index contributed by atoms with van der Waals surface area (Å²) >= 11 is 0. The zero-order valence-corrected chi connectivity index (χ0v) is 27.4. The Morgan fingerprint density at radius 1 is 1.00 bits per heavy atom. The van der Waals surface area contributed by atoms with E-state index in [1.54, 1.807) is 43.4 Å². The second-order valence-corrected chi connectivity index (χ2v) is 12.7. The molecule has 0 aromatic rings. The normalized spacial score (nSPS) is 28.6. The first kappa shape index (κ1) is 35.7. The maximum absolute atomic E-state index is 13.5. The molecule has 0 spiro atoms. The fourth-order valence-electron chi connectivity index (χ4n) is 5.85. The summed E-state index contributed by atoms with van der Waals surface area (Å²) in [4.78, 5) is 64.5. The number of hydrogen-bond acceptors (Lipinski definition) is 8. The van der Waals surface area contributed by atoms with Gasteiger partial charge in [-0.25, -0.2) is 4.79 Å². The fraction of sp³-hybridized carbons (Fsp3) is 0.486. The molecule has 1 aliphatic heterocycles. The molecule has 47 heavy (non-hydrogen) atoms. The third kappa shape index (κ3) is 9.92. The van der Waals surface area contributed by atoms with E-state index in [-0.39, 0.29) is 35.9 Å². The SMILES string of the molecule is COC1C=CC=CC=CCC(OC(=O)C2(NC(=O)C3CC=CCC3)CC2)C(C)C(O)C(C)=CCCC2=CC(=O)C=C(NC(=O)C1)C2=O. The molecule has 5 unspecified atom stereocenters. The average Bonchev–Trinajstić information content (AvgIpc) is 3.84. The van der Waals surface area contributed by atoms with Crippen molar-refractivity contribution in [2.45, 2.75) is 95.5 Å². The number of esters is 1. The van der Waals surface area contributed by atoms with Gasteiger partial charge in [0.2, 0.25) is 17.6 Å². The molecule has 1 heterocycles. The van der Waals surface area contributed by atoms with E-state index >= 15 is 0 Å². The van der Waals surface area contributed by atoms with Gasteiger partial charge < -0.3 is 25.2 Å². The molecule has 5 atom stereocenters. The van der Waals surface area contributed by atoms with E-state index in [1.807, 2.05) is 19.1 Å². The minimum atomic E-state index is -1.04. The highest BCUT2D eigenvalue weighted by atomic mass is 16.5. The predicted molar refractivity (Wildman–Crippen MR) is 176 cm³/mol. The third-order valence-corrected chi connectivity index (χ3v) is 9.10. The molecular weight excluding hydrogens is 600 g/mol. The number of aliphatic hydroxyl groups is 1. The Hall–Kier alpha value is -4.15. The van der Waals surface area contributed by atoms with E-state index in [2.05, 4.69) is 16.7 Å². The summed E-state index contributed by atoms with van der Waals surface area (Å²) < 4.78 is 11.4. The molecule has 0 saturated heterocycles. The highest BCUT2D eigenvalue weighted by Crippen LogP contribution is 2.39. The highest BCUT2D eigenvalue weighted by molar-refractivity contribution is 6.21. The summed E-state index contributed by atoms with van der Waals surface area (Å²) in [5, 5.41) is 16.8. The van der Waals surface area contributed by atoms with E-state index in [9.17, 15) is 29.1 Å². The molecule has 1 saturated carbocycles. The Morgan fingerprint density at radius 3 is 2.47 bits per heavy atom. The van der Waals surface area contributed by atoms with Crippen LogP contribution in [0.25, 0.3) is 0 Å². The number of allylic oxidation sites excluding steroid dienone is 10. The molecule has 3 aliphatic carbocycles. The topological polar surface area (TPSA) is 148 Å². The summed E-state index contributed by atoms with van der Waals surface area (Å²) in [7, 11) is 1.47. The number of hydrogen-bond donors (Lipinski definition) is 3. The molecule has 0 radical (unpaired) electrons. The summed E-state index contributed by atoms with van der Waals surface area (Å²) in [5.41, 5.74) is -0.227. The quantitative estimate of drug-likeness (QED) is 0.229. The van der Waals surface area contributed by atoms with Crippen molar-refractivity contribution in [2.75, 3.05) is 7.11 Å². The summed E-state index contributed by atoms with van der Waals surface area (Å²) in [5.74, 6) is -2.58. The van der Waals surface area contributed by atoms with E-state index in [0.29, 0.717) is 37.7 Å². The first-order valence-corrected chi connectivity index (χ1v) is 16.4. The highest BCUT2D eigenvalue weighted by Gasteiger charge is 2.54. The van der Waals surface area contributed by atoms with Crippen molar-refractivity contribution in [3.05, 3.63) is 83.7 Å². The maximum Gasteiger partial charge on any atom is 0.332 e. The second-order valence-electron chi connectivity index (χ2n) is 12.7. The number of carbonyl (C=O) groups excluding carboxylic acids is 5. The van der Waals surface area contributed by atoms with Gasteiger partial charge in [0, 0.05) is 37.0 Å². The van der Waals surface area contributed by atoms with E-state index in [0.717, 1.165) is 18.9 Å². The number of Topliss-reactive ketones (excluding diaryl/α,β-unsaturated/α-hetero) is 1. The van der Waals surface area contributed by atoms with E-state index in [4.69, 9.17) is 9.47 Å². The standard InChI is InChI=1S/C37H46N2O8/c1-24-13-12-16-27-21-28(40)22-30(34(27)43)38-32(41)23-29(46-3)17-10-5-4-6-11-18-31(25(2)33(24)42)47-36(45)37(19-20-37)39-35(44)26-14-8-7-9-15-26/h4-8,10-11,13,17,21-22,25-26,29,31,33,42H,9,12,14-16,18-20,23H2,1-3H3,(H,38,41)(H,39,44).